The Kier molecular flexibility index (Phi) is 20.6. The molecule has 0 saturated heterocycles. The predicted octanol–water partition coefficient (Wildman–Crippen LogP) is 20.0. The molecule has 0 amide bonds. The smallest absolute Gasteiger partial charge is 0.0920 e. The zero-order valence-corrected chi connectivity index (χ0v) is 53.0. The van der Waals surface area contributed by atoms with Gasteiger partial charge in [0, 0.05) is 0 Å². The van der Waals surface area contributed by atoms with E-state index in [0.717, 1.165) is 22.4 Å². The van der Waals surface area contributed by atoms with E-state index in [9.17, 15) is 0 Å². The van der Waals surface area contributed by atoms with Crippen molar-refractivity contribution in [2.75, 3.05) is 0 Å². The van der Waals surface area contributed by atoms with Crippen molar-refractivity contribution in [3.8, 4) is 33.4 Å². The quantitative estimate of drug-likeness (QED) is 0.0946. The van der Waals surface area contributed by atoms with Gasteiger partial charge in [-0.2, -0.15) is 41.6 Å². The van der Waals surface area contributed by atoms with Gasteiger partial charge in [-0.15, -0.1) is 74.6 Å². The van der Waals surface area contributed by atoms with Crippen LogP contribution in [-0.2, 0) is 68.2 Å². The van der Waals surface area contributed by atoms with Crippen molar-refractivity contribution in [3.05, 3.63) is 178 Å². The van der Waals surface area contributed by atoms with E-state index in [1.807, 2.05) is 6.07 Å². The fraction of sp³-hybridized carbons (Fsp3) is 0.400. The topological polar surface area (TPSA) is 0 Å². The summed E-state index contributed by atoms with van der Waals surface area (Å²) in [4.78, 5) is 0. The van der Waals surface area contributed by atoms with Crippen LogP contribution in [0.2, 0.25) is 0 Å². The number of unbranched alkanes of at least 4 members (excludes halogenated alkanes) is 2. The average Bonchev–Trinajstić information content (AvgIpc) is 4.08. The maximum atomic E-state index is 4.93. The van der Waals surface area contributed by atoms with Crippen molar-refractivity contribution in [2.24, 2.45) is 0 Å². The molecule has 1 aliphatic rings. The van der Waals surface area contributed by atoms with Gasteiger partial charge in [-0.3, -0.25) is 0 Å². The Hall–Kier alpha value is -3.78. The van der Waals surface area contributed by atoms with Crippen LogP contribution in [0.15, 0.2) is 127 Å². The third kappa shape index (κ3) is 14.8. The number of fused-ring (bicyclic) bond motifs is 5. The summed E-state index contributed by atoms with van der Waals surface area (Å²) in [7, 11) is 10.7. The first-order chi connectivity index (χ1) is 34.9. The Morgan fingerprint density at radius 2 is 0.878 bits per heavy atom. The zero-order valence-electron chi connectivity index (χ0n) is 48.0. The molecule has 1 heterocycles. The van der Waals surface area contributed by atoms with Crippen molar-refractivity contribution < 1.29 is 20.8 Å². The number of hydrogen-bond donors (Lipinski definition) is 0. The van der Waals surface area contributed by atoms with Crippen LogP contribution in [0.4, 0.5) is 0 Å². The summed E-state index contributed by atoms with van der Waals surface area (Å²) >= 11 is -0.826. The average molecular weight is 1120 g/mol. The summed E-state index contributed by atoms with van der Waals surface area (Å²) in [5.74, 6) is 0. The standard InChI is InChI=1S/2C29H39.C12H7Si.2ClH.Zr/c2*1-9-11-12-20-15-22-14-13-21(10-2)27(26(22)16-20)23-17-24(28(3,4)5)19-25(18-23)29(6,7)8;1-3-7-11-9(5-1)10-6-2-4-8-12(10)13-11;;;/h2*13-19H,9-12H2,1-8H3;1-7H;2*1H;/q3*-1;;;+2/p-2. The van der Waals surface area contributed by atoms with Crippen LogP contribution in [0, 0.1) is 6.07 Å². The van der Waals surface area contributed by atoms with E-state index in [1.165, 1.54) is 148 Å². The number of rotatable bonds is 10. The number of halogens is 2. The first-order valence-corrected chi connectivity index (χ1v) is 34.9. The molecule has 2 radical (unpaired) electrons. The zero-order chi connectivity index (χ0) is 54.2. The SMILES string of the molecule is CCCCc1cc2c(-c3cc(C(C)(C)C)cc(C(C)(C)C)c3)c(CC)ccc2[cH-]1.CCCCc1cc2c(-c3cc(C(C)(C)C)cc(C(C)(C)C)c3)c(CC)ccc2[cH-]1.[Cl][Zr][Cl].[c-]1cccc2c1[Si]c1ccccc1-2. The third-order valence-corrected chi connectivity index (χ3v) is 16.1. The molecule has 0 N–H and O–H groups in total. The van der Waals surface area contributed by atoms with E-state index in [1.54, 1.807) is 0 Å². The van der Waals surface area contributed by atoms with Gasteiger partial charge in [0.1, 0.15) is 0 Å². The van der Waals surface area contributed by atoms with E-state index >= 15 is 0 Å². The van der Waals surface area contributed by atoms with Crippen LogP contribution < -0.4 is 10.4 Å². The number of hydrogen-bond acceptors (Lipinski definition) is 0. The fourth-order valence-corrected chi connectivity index (χ4v) is 11.4. The predicted molar refractivity (Wildman–Crippen MR) is 328 cm³/mol. The van der Waals surface area contributed by atoms with Crippen molar-refractivity contribution in [1.29, 1.82) is 0 Å². The molecule has 8 aromatic carbocycles. The van der Waals surface area contributed by atoms with Crippen LogP contribution >= 0.6 is 17.0 Å². The van der Waals surface area contributed by atoms with Crippen LogP contribution in [0.3, 0.4) is 0 Å². The minimum atomic E-state index is -0.826. The van der Waals surface area contributed by atoms with Crippen molar-refractivity contribution >= 4 is 58.5 Å². The Balaban J connectivity index is 0.000000186. The van der Waals surface area contributed by atoms with Gasteiger partial charge in [-0.1, -0.05) is 230 Å². The van der Waals surface area contributed by atoms with E-state index in [4.69, 9.17) is 17.0 Å². The van der Waals surface area contributed by atoms with Crippen LogP contribution in [0.5, 0.6) is 0 Å². The molecule has 9 rings (SSSR count). The number of benzene rings is 6. The minimum absolute atomic E-state index is 0.134. The normalized spacial score (nSPS) is 12.3. The van der Waals surface area contributed by atoms with Crippen molar-refractivity contribution in [3.63, 3.8) is 0 Å². The molecule has 1 aliphatic heterocycles. The summed E-state index contributed by atoms with van der Waals surface area (Å²) in [6, 6.07) is 51.9. The third-order valence-electron chi connectivity index (χ3n) is 14.7. The van der Waals surface area contributed by atoms with Crippen LogP contribution in [-0.4, -0.2) is 9.52 Å². The van der Waals surface area contributed by atoms with Gasteiger partial charge >= 0.3 is 37.9 Å². The molecule has 0 spiro atoms. The van der Waals surface area contributed by atoms with Crippen molar-refractivity contribution in [2.45, 2.75) is 184 Å². The molecule has 8 aromatic rings. The molecule has 74 heavy (non-hydrogen) atoms. The van der Waals surface area contributed by atoms with E-state index in [0.29, 0.717) is 0 Å². The Morgan fingerprint density at radius 3 is 1.26 bits per heavy atom. The molecule has 0 fully saturated rings. The molecule has 0 aliphatic carbocycles. The van der Waals surface area contributed by atoms with Gasteiger partial charge in [0.25, 0.3) is 0 Å². The second-order valence-corrected chi connectivity index (χ2v) is 29.7. The van der Waals surface area contributed by atoms with Gasteiger partial charge in [0.05, 0.1) is 9.52 Å². The van der Waals surface area contributed by atoms with Gasteiger partial charge in [0.2, 0.25) is 0 Å². The fourth-order valence-electron chi connectivity index (χ4n) is 10.1. The first kappa shape index (κ1) is 59.5. The van der Waals surface area contributed by atoms with Crippen LogP contribution in [0.1, 0.15) is 181 Å². The van der Waals surface area contributed by atoms with E-state index < -0.39 is 20.8 Å². The summed E-state index contributed by atoms with van der Waals surface area (Å²) in [5.41, 5.74) is 20.6. The number of aryl methyl sites for hydroxylation is 4. The summed E-state index contributed by atoms with van der Waals surface area (Å²) in [5, 5.41) is 8.47. The molecule has 4 heteroatoms. The van der Waals surface area contributed by atoms with Crippen molar-refractivity contribution in [1.82, 2.24) is 0 Å². The summed E-state index contributed by atoms with van der Waals surface area (Å²) < 4.78 is 0. The molecular formula is C70H85Cl2SiZr-3. The maximum absolute atomic E-state index is 4.93. The molecule has 0 unspecified atom stereocenters. The molecule has 0 nitrogen and oxygen atoms in total. The molecular weight excluding hydrogens is 1030 g/mol. The molecule has 390 valence electrons. The van der Waals surface area contributed by atoms with Crippen LogP contribution in [0.25, 0.3) is 54.9 Å². The monoisotopic (exact) mass is 1110 g/mol. The second kappa shape index (κ2) is 25.6. The summed E-state index contributed by atoms with van der Waals surface area (Å²) in [6.45, 7) is 37.0. The molecule has 0 saturated carbocycles. The van der Waals surface area contributed by atoms with Gasteiger partial charge < -0.3 is 0 Å². The first-order valence-electron chi connectivity index (χ1n) is 27.5. The second-order valence-electron chi connectivity index (χ2n) is 24.6. The van der Waals surface area contributed by atoms with Gasteiger partial charge in [0.15, 0.2) is 0 Å². The largest absolute Gasteiger partial charge is 0.184 e. The Morgan fingerprint density at radius 1 is 0.486 bits per heavy atom. The minimum Gasteiger partial charge on any atom is -0.184 e. The Bertz CT molecular complexity index is 2840. The van der Waals surface area contributed by atoms with E-state index in [-0.39, 0.29) is 21.7 Å². The Labute approximate surface area is 470 Å². The van der Waals surface area contributed by atoms with Gasteiger partial charge in [-0.05, 0) is 80.7 Å². The summed E-state index contributed by atoms with van der Waals surface area (Å²) in [6.07, 6.45) is 9.51. The van der Waals surface area contributed by atoms with E-state index in [2.05, 4.69) is 238 Å². The maximum Gasteiger partial charge on any atom is 0.0920 e. The molecule has 0 aromatic heterocycles. The van der Waals surface area contributed by atoms with Gasteiger partial charge in [-0.25, -0.2) is 0 Å². The molecule has 0 bridgehead atoms. The molecule has 0 atom stereocenters.